The second-order valence-electron chi connectivity index (χ2n) is 11.4. The maximum absolute atomic E-state index is 13.9. The van der Waals surface area contributed by atoms with E-state index in [9.17, 15) is 9.59 Å². The lowest BCUT2D eigenvalue weighted by Crippen LogP contribution is -2.66. The summed E-state index contributed by atoms with van der Waals surface area (Å²) >= 11 is 0. The number of fused-ring (bicyclic) bond motifs is 2. The van der Waals surface area contributed by atoms with Gasteiger partial charge in [0.2, 0.25) is 0 Å². The maximum Gasteiger partial charge on any atom is 0.325 e. The van der Waals surface area contributed by atoms with Crippen molar-refractivity contribution in [3.63, 3.8) is 0 Å². The molecule has 198 valence electrons. The predicted molar refractivity (Wildman–Crippen MR) is 147 cm³/mol. The van der Waals surface area contributed by atoms with E-state index in [1.165, 1.54) is 30.9 Å². The summed E-state index contributed by atoms with van der Waals surface area (Å²) in [5.41, 5.74) is 4.14. The number of carbonyl (C=O) groups is 2. The van der Waals surface area contributed by atoms with E-state index in [0.29, 0.717) is 13.0 Å². The Hall–Kier alpha value is -3.44. The van der Waals surface area contributed by atoms with Crippen LogP contribution in [0.2, 0.25) is 0 Å². The van der Waals surface area contributed by atoms with Gasteiger partial charge in [-0.1, -0.05) is 98.3 Å². The Morgan fingerprint density at radius 1 is 0.895 bits per heavy atom. The molecule has 0 amide bonds. The van der Waals surface area contributed by atoms with E-state index in [2.05, 4.69) is 56.0 Å². The molecule has 5 nitrogen and oxygen atoms in total. The van der Waals surface area contributed by atoms with Crippen molar-refractivity contribution >= 4 is 11.9 Å². The van der Waals surface area contributed by atoms with Crippen molar-refractivity contribution in [1.82, 2.24) is 4.90 Å². The van der Waals surface area contributed by atoms with Crippen LogP contribution in [0.5, 0.6) is 0 Å². The lowest BCUT2D eigenvalue weighted by Gasteiger charge is -2.60. The molecular formula is C33H37NO4. The number of piperidine rings is 1. The van der Waals surface area contributed by atoms with Gasteiger partial charge in [0.25, 0.3) is 0 Å². The first kappa shape index (κ1) is 26.2. The van der Waals surface area contributed by atoms with Gasteiger partial charge >= 0.3 is 11.9 Å². The Kier molecular flexibility index (Phi) is 6.91. The lowest BCUT2D eigenvalue weighted by atomic mass is 9.55. The fourth-order valence-electron chi connectivity index (χ4n) is 7.43. The highest BCUT2D eigenvalue weighted by atomic mass is 16.5. The van der Waals surface area contributed by atoms with E-state index in [4.69, 9.17) is 9.47 Å². The molecule has 3 aromatic carbocycles. The lowest BCUT2D eigenvalue weighted by molar-refractivity contribution is -0.189. The van der Waals surface area contributed by atoms with Gasteiger partial charge in [-0.15, -0.1) is 0 Å². The summed E-state index contributed by atoms with van der Waals surface area (Å²) in [6, 6.07) is 26.4. The standard InChI is InChI=1S/C33H37NO4/c1-22-16-17-27-25(18-22)19-26-20-33(30(35)37-4,31(36)38-5)29(24-14-10-7-11-15-24)34(28(26)32(27,2)3)21-23-12-8-6-9-13-23/h6-18,26,28-29H,19-21H2,1-5H3. The highest BCUT2D eigenvalue weighted by molar-refractivity contribution is 6.01. The van der Waals surface area contributed by atoms with Gasteiger partial charge in [0, 0.05) is 18.0 Å². The van der Waals surface area contributed by atoms with Crippen LogP contribution in [0.15, 0.2) is 78.9 Å². The zero-order chi connectivity index (χ0) is 27.1. The maximum atomic E-state index is 13.9. The van der Waals surface area contributed by atoms with Crippen molar-refractivity contribution in [3.8, 4) is 0 Å². The van der Waals surface area contributed by atoms with E-state index in [0.717, 1.165) is 17.5 Å². The summed E-state index contributed by atoms with van der Waals surface area (Å²) < 4.78 is 10.8. The minimum absolute atomic E-state index is 0.0428. The van der Waals surface area contributed by atoms with E-state index in [1.807, 2.05) is 48.5 Å². The smallest absolute Gasteiger partial charge is 0.325 e. The first-order valence-electron chi connectivity index (χ1n) is 13.4. The fraction of sp³-hybridized carbons (Fsp3) is 0.394. The van der Waals surface area contributed by atoms with Gasteiger partial charge in [0.1, 0.15) is 0 Å². The number of carbonyl (C=O) groups excluding carboxylic acids is 2. The Labute approximate surface area is 225 Å². The van der Waals surface area contributed by atoms with Crippen molar-refractivity contribution in [2.45, 2.75) is 57.7 Å². The molecule has 3 unspecified atom stereocenters. The molecule has 0 spiro atoms. The average molecular weight is 512 g/mol. The minimum Gasteiger partial charge on any atom is -0.468 e. The van der Waals surface area contributed by atoms with Crippen molar-refractivity contribution < 1.29 is 19.1 Å². The fourth-order valence-corrected chi connectivity index (χ4v) is 7.43. The summed E-state index contributed by atoms with van der Waals surface area (Å²) in [6.07, 6.45) is 1.15. The Balaban J connectivity index is 1.79. The quantitative estimate of drug-likeness (QED) is 0.320. The molecular weight excluding hydrogens is 474 g/mol. The highest BCUT2D eigenvalue weighted by Crippen LogP contribution is 2.58. The zero-order valence-corrected chi connectivity index (χ0v) is 22.9. The molecule has 5 rings (SSSR count). The molecule has 5 heteroatoms. The zero-order valence-electron chi connectivity index (χ0n) is 22.9. The molecule has 0 radical (unpaired) electrons. The molecule has 1 saturated heterocycles. The molecule has 0 aromatic heterocycles. The second-order valence-corrected chi connectivity index (χ2v) is 11.4. The van der Waals surface area contributed by atoms with Gasteiger partial charge in [-0.25, -0.2) is 0 Å². The van der Waals surface area contributed by atoms with Crippen LogP contribution in [0, 0.1) is 18.3 Å². The Morgan fingerprint density at radius 2 is 1.50 bits per heavy atom. The number of methoxy groups -OCH3 is 2. The number of nitrogens with zero attached hydrogens (tertiary/aromatic N) is 1. The van der Waals surface area contributed by atoms with Crippen LogP contribution in [0.1, 0.15) is 54.1 Å². The summed E-state index contributed by atoms with van der Waals surface area (Å²) in [5.74, 6) is -1.04. The monoisotopic (exact) mass is 511 g/mol. The second kappa shape index (κ2) is 10.0. The third kappa shape index (κ3) is 4.14. The summed E-state index contributed by atoms with van der Waals surface area (Å²) in [5, 5.41) is 0. The molecule has 3 aromatic rings. The van der Waals surface area contributed by atoms with Crippen molar-refractivity contribution in [1.29, 1.82) is 0 Å². The first-order chi connectivity index (χ1) is 18.2. The van der Waals surface area contributed by atoms with Crippen LogP contribution < -0.4 is 0 Å². The third-order valence-corrected chi connectivity index (χ3v) is 8.79. The topological polar surface area (TPSA) is 55.8 Å². The molecule has 38 heavy (non-hydrogen) atoms. The van der Waals surface area contributed by atoms with Gasteiger partial charge in [-0.05, 0) is 47.9 Å². The number of hydrogen-bond acceptors (Lipinski definition) is 5. The Bertz CT molecular complexity index is 1300. The molecule has 0 bridgehead atoms. The van der Waals surface area contributed by atoms with Gasteiger partial charge in [0.05, 0.1) is 20.3 Å². The van der Waals surface area contributed by atoms with Crippen molar-refractivity contribution in [2.24, 2.45) is 11.3 Å². The van der Waals surface area contributed by atoms with Gasteiger partial charge in [-0.3, -0.25) is 14.5 Å². The molecule has 1 fully saturated rings. The van der Waals surface area contributed by atoms with Crippen molar-refractivity contribution in [3.05, 3.63) is 107 Å². The van der Waals surface area contributed by atoms with Crippen molar-refractivity contribution in [2.75, 3.05) is 14.2 Å². The number of rotatable bonds is 5. The summed E-state index contributed by atoms with van der Waals surface area (Å²) in [6.45, 7) is 7.31. The van der Waals surface area contributed by atoms with E-state index < -0.39 is 23.4 Å². The molecule has 0 N–H and O–H groups in total. The molecule has 0 saturated carbocycles. The van der Waals surface area contributed by atoms with Crippen LogP contribution >= 0.6 is 0 Å². The van der Waals surface area contributed by atoms with Gasteiger partial charge in [0.15, 0.2) is 5.41 Å². The molecule has 2 aliphatic rings. The number of benzene rings is 3. The summed E-state index contributed by atoms with van der Waals surface area (Å²) in [7, 11) is 2.73. The average Bonchev–Trinajstić information content (AvgIpc) is 2.92. The van der Waals surface area contributed by atoms with Crippen LogP contribution in [0.4, 0.5) is 0 Å². The third-order valence-electron chi connectivity index (χ3n) is 8.79. The van der Waals surface area contributed by atoms with E-state index in [1.54, 1.807) is 0 Å². The molecule has 1 aliphatic carbocycles. The highest BCUT2D eigenvalue weighted by Gasteiger charge is 2.65. The number of esters is 2. The molecule has 1 aliphatic heterocycles. The Morgan fingerprint density at radius 3 is 2.11 bits per heavy atom. The van der Waals surface area contributed by atoms with Crippen LogP contribution in [-0.2, 0) is 37.4 Å². The van der Waals surface area contributed by atoms with Crippen LogP contribution in [0.3, 0.4) is 0 Å². The molecule has 1 heterocycles. The van der Waals surface area contributed by atoms with E-state index >= 15 is 0 Å². The number of ether oxygens (including phenoxy) is 2. The first-order valence-corrected chi connectivity index (χ1v) is 13.4. The number of likely N-dealkylation sites (tertiary alicyclic amines) is 1. The minimum atomic E-state index is -1.50. The SMILES string of the molecule is COC(=O)C1(C(=O)OC)CC2Cc3cc(C)ccc3C(C)(C)C2N(Cc2ccccc2)C1c1ccccc1. The number of aryl methyl sites for hydroxylation is 1. The summed E-state index contributed by atoms with van der Waals surface area (Å²) in [4.78, 5) is 30.1. The normalized spacial score (nSPS) is 23.6. The van der Waals surface area contributed by atoms with Gasteiger partial charge in [-0.2, -0.15) is 0 Å². The van der Waals surface area contributed by atoms with Gasteiger partial charge < -0.3 is 9.47 Å². The number of hydrogen-bond donors (Lipinski definition) is 0. The predicted octanol–water partition coefficient (Wildman–Crippen LogP) is 5.79. The molecule has 3 atom stereocenters. The van der Waals surface area contributed by atoms with E-state index in [-0.39, 0.29) is 17.4 Å². The van der Waals surface area contributed by atoms with Crippen LogP contribution in [0.25, 0.3) is 0 Å². The largest absolute Gasteiger partial charge is 0.468 e. The van der Waals surface area contributed by atoms with Crippen LogP contribution in [-0.4, -0.2) is 37.1 Å².